The van der Waals surface area contributed by atoms with Crippen molar-refractivity contribution in [3.63, 3.8) is 0 Å². The van der Waals surface area contributed by atoms with Crippen LogP contribution in [0, 0.1) is 0 Å². The van der Waals surface area contributed by atoms with Gasteiger partial charge in [0.05, 0.1) is 11.2 Å². The molecular formula is C10H9Cl2N5O. The molecule has 8 heteroatoms. The molecule has 0 radical (unpaired) electrons. The Bertz CT molecular complexity index is 552. The van der Waals surface area contributed by atoms with Crippen LogP contribution in [0.1, 0.15) is 6.92 Å². The van der Waals surface area contributed by atoms with E-state index >= 15 is 0 Å². The topological polar surface area (TPSA) is 72.8 Å². The molecule has 0 unspecified atom stereocenters. The molecule has 0 aliphatic heterocycles. The molecule has 0 atom stereocenters. The third kappa shape index (κ3) is 3.41. The van der Waals surface area contributed by atoms with Crippen LogP contribution in [-0.2, 0) is 0 Å². The van der Waals surface area contributed by atoms with Gasteiger partial charge >= 0.3 is 6.01 Å². The van der Waals surface area contributed by atoms with Crippen molar-refractivity contribution in [2.45, 2.75) is 6.92 Å². The van der Waals surface area contributed by atoms with Gasteiger partial charge in [0.15, 0.2) is 5.75 Å². The Balaban J connectivity index is 2.23. The van der Waals surface area contributed by atoms with Crippen LogP contribution in [0.5, 0.6) is 11.8 Å². The Hall–Kier alpha value is -1.66. The lowest BCUT2D eigenvalue weighted by Gasteiger charge is -2.06. The van der Waals surface area contributed by atoms with Gasteiger partial charge in [-0.15, -0.1) is 0 Å². The van der Waals surface area contributed by atoms with Gasteiger partial charge in [-0.3, -0.25) is 4.98 Å². The third-order valence-electron chi connectivity index (χ3n) is 1.81. The molecule has 0 saturated heterocycles. The molecule has 0 saturated carbocycles. The van der Waals surface area contributed by atoms with E-state index in [-0.39, 0.29) is 11.3 Å². The number of halogens is 2. The zero-order valence-electron chi connectivity index (χ0n) is 9.39. The highest BCUT2D eigenvalue weighted by atomic mass is 35.5. The van der Waals surface area contributed by atoms with Crippen LogP contribution < -0.4 is 10.1 Å². The van der Waals surface area contributed by atoms with Crippen LogP contribution in [0.3, 0.4) is 0 Å². The lowest BCUT2D eigenvalue weighted by Crippen LogP contribution is -2.04. The van der Waals surface area contributed by atoms with Gasteiger partial charge in [-0.2, -0.15) is 15.0 Å². The first kappa shape index (κ1) is 12.8. The molecule has 0 bridgehead atoms. The first-order chi connectivity index (χ1) is 8.67. The number of nitrogens with one attached hydrogen (secondary N) is 1. The lowest BCUT2D eigenvalue weighted by molar-refractivity contribution is 0.438. The van der Waals surface area contributed by atoms with E-state index in [0.717, 1.165) is 0 Å². The molecular weight excluding hydrogens is 277 g/mol. The molecule has 94 valence electrons. The average molecular weight is 286 g/mol. The predicted molar refractivity (Wildman–Crippen MR) is 68.3 cm³/mol. The van der Waals surface area contributed by atoms with E-state index in [2.05, 4.69) is 25.3 Å². The van der Waals surface area contributed by atoms with Gasteiger partial charge in [0.1, 0.15) is 0 Å². The first-order valence-electron chi connectivity index (χ1n) is 5.11. The maximum Gasteiger partial charge on any atom is 0.328 e. The molecule has 0 fully saturated rings. The Labute approximate surface area is 113 Å². The summed E-state index contributed by atoms with van der Waals surface area (Å²) in [5, 5.41) is 3.42. The molecule has 18 heavy (non-hydrogen) atoms. The summed E-state index contributed by atoms with van der Waals surface area (Å²) in [5.41, 5.74) is 0. The number of hydrogen-bond acceptors (Lipinski definition) is 6. The van der Waals surface area contributed by atoms with Crippen LogP contribution >= 0.6 is 23.2 Å². The molecule has 2 aromatic heterocycles. The van der Waals surface area contributed by atoms with Crippen molar-refractivity contribution in [3.8, 4) is 11.8 Å². The molecule has 0 aromatic carbocycles. The number of nitrogens with zero attached hydrogens (tertiary/aromatic N) is 4. The highest BCUT2D eigenvalue weighted by Gasteiger charge is 2.07. The third-order valence-corrected chi connectivity index (χ3v) is 2.19. The van der Waals surface area contributed by atoms with Gasteiger partial charge in [-0.05, 0) is 18.5 Å². The Morgan fingerprint density at radius 3 is 2.78 bits per heavy atom. The molecule has 0 aliphatic rings. The number of rotatable bonds is 4. The van der Waals surface area contributed by atoms with E-state index < -0.39 is 0 Å². The zero-order chi connectivity index (χ0) is 13.0. The highest BCUT2D eigenvalue weighted by molar-refractivity contribution is 6.30. The molecule has 0 spiro atoms. The van der Waals surface area contributed by atoms with E-state index in [1.807, 2.05) is 6.92 Å². The van der Waals surface area contributed by atoms with E-state index in [0.29, 0.717) is 23.3 Å². The van der Waals surface area contributed by atoms with Crippen LogP contribution in [0.25, 0.3) is 0 Å². The Morgan fingerprint density at radius 1 is 1.22 bits per heavy atom. The maximum absolute atomic E-state index is 5.79. The Morgan fingerprint density at radius 2 is 2.06 bits per heavy atom. The second-order valence-electron chi connectivity index (χ2n) is 3.18. The van der Waals surface area contributed by atoms with Crippen molar-refractivity contribution in [1.82, 2.24) is 19.9 Å². The summed E-state index contributed by atoms with van der Waals surface area (Å²) in [6.07, 6.45) is 3.00. The van der Waals surface area contributed by atoms with Crippen LogP contribution in [0.15, 0.2) is 18.5 Å². The quantitative estimate of drug-likeness (QED) is 0.931. The SMILES string of the molecule is CCNc1nc(Cl)nc(Oc2cncc(Cl)c2)n1. The minimum absolute atomic E-state index is 0.0472. The smallest absolute Gasteiger partial charge is 0.328 e. The number of aromatic nitrogens is 4. The van der Waals surface area contributed by atoms with Crippen molar-refractivity contribution in [2.75, 3.05) is 11.9 Å². The summed E-state index contributed by atoms with van der Waals surface area (Å²) in [6, 6.07) is 1.68. The molecule has 0 amide bonds. The number of anilines is 1. The van der Waals surface area contributed by atoms with E-state index in [4.69, 9.17) is 27.9 Å². The van der Waals surface area contributed by atoms with Gasteiger partial charge in [0.2, 0.25) is 11.2 Å². The fourth-order valence-corrected chi connectivity index (χ4v) is 1.48. The second kappa shape index (κ2) is 5.79. The largest absolute Gasteiger partial charge is 0.422 e. The van der Waals surface area contributed by atoms with E-state index in [1.54, 1.807) is 6.07 Å². The summed E-state index contributed by atoms with van der Waals surface area (Å²) in [7, 11) is 0. The zero-order valence-corrected chi connectivity index (χ0v) is 10.9. The maximum atomic E-state index is 5.79. The fraction of sp³-hybridized carbons (Fsp3) is 0.200. The summed E-state index contributed by atoms with van der Waals surface area (Å²) >= 11 is 11.5. The Kier molecular flexibility index (Phi) is 4.11. The summed E-state index contributed by atoms with van der Waals surface area (Å²) in [6.45, 7) is 2.58. The van der Waals surface area contributed by atoms with Gasteiger partial charge in [-0.25, -0.2) is 0 Å². The molecule has 1 N–H and O–H groups in total. The fourth-order valence-electron chi connectivity index (χ4n) is 1.17. The molecule has 2 aromatic rings. The van der Waals surface area contributed by atoms with Gasteiger partial charge in [0.25, 0.3) is 0 Å². The van der Waals surface area contributed by atoms with Crippen molar-refractivity contribution in [3.05, 3.63) is 28.8 Å². The average Bonchev–Trinajstić information content (AvgIpc) is 2.28. The molecule has 2 rings (SSSR count). The summed E-state index contributed by atoms with van der Waals surface area (Å²) in [4.78, 5) is 15.7. The minimum Gasteiger partial charge on any atom is -0.422 e. The monoisotopic (exact) mass is 285 g/mol. The summed E-state index contributed by atoms with van der Waals surface area (Å²) < 4.78 is 5.39. The van der Waals surface area contributed by atoms with Gasteiger partial charge in [0, 0.05) is 18.8 Å². The standard InChI is InChI=1S/C10H9Cl2N5O/c1-2-14-9-15-8(12)16-10(17-9)18-7-3-6(11)4-13-5-7/h3-5H,2H2,1H3,(H,14,15,16,17). The van der Waals surface area contributed by atoms with Crippen molar-refractivity contribution < 1.29 is 4.74 Å². The van der Waals surface area contributed by atoms with Crippen molar-refractivity contribution in [1.29, 1.82) is 0 Å². The normalized spacial score (nSPS) is 10.2. The lowest BCUT2D eigenvalue weighted by atomic mass is 10.5. The predicted octanol–water partition coefficient (Wildman–Crippen LogP) is 2.80. The van der Waals surface area contributed by atoms with Gasteiger partial charge in [-0.1, -0.05) is 11.6 Å². The van der Waals surface area contributed by atoms with E-state index in [1.165, 1.54) is 12.4 Å². The minimum atomic E-state index is 0.0472. The molecule has 2 heterocycles. The number of ether oxygens (including phenoxy) is 1. The molecule has 0 aliphatic carbocycles. The van der Waals surface area contributed by atoms with E-state index in [9.17, 15) is 0 Å². The second-order valence-corrected chi connectivity index (χ2v) is 3.96. The van der Waals surface area contributed by atoms with Crippen LogP contribution in [0.2, 0.25) is 10.3 Å². The van der Waals surface area contributed by atoms with Crippen LogP contribution in [-0.4, -0.2) is 26.5 Å². The number of pyridine rings is 1. The van der Waals surface area contributed by atoms with Crippen LogP contribution in [0.4, 0.5) is 5.95 Å². The van der Waals surface area contributed by atoms with Gasteiger partial charge < -0.3 is 10.1 Å². The van der Waals surface area contributed by atoms with Crippen molar-refractivity contribution >= 4 is 29.2 Å². The number of hydrogen-bond donors (Lipinski definition) is 1. The highest BCUT2D eigenvalue weighted by Crippen LogP contribution is 2.21. The first-order valence-corrected chi connectivity index (χ1v) is 5.87. The molecule has 6 nitrogen and oxygen atoms in total. The summed E-state index contributed by atoms with van der Waals surface area (Å²) in [5.74, 6) is 0.773. The van der Waals surface area contributed by atoms with Crippen molar-refractivity contribution in [2.24, 2.45) is 0 Å².